The Kier molecular flexibility index (Phi) is 4.44. The van der Waals surface area contributed by atoms with Gasteiger partial charge in [-0.05, 0) is 18.2 Å². The minimum Gasteiger partial charge on any atom is -0.398 e. The SMILES string of the molecule is COC1CN(C(=O)c2cc(Br)ccc2N)CC1OC. The standard InChI is InChI=1S/C13H17BrN2O3/c1-18-11-6-16(7-12(11)19-2)13(17)9-5-8(14)3-4-10(9)15/h3-5,11-12H,6-7,15H2,1-2H3. The summed E-state index contributed by atoms with van der Waals surface area (Å²) in [4.78, 5) is 14.2. The molecule has 2 N–H and O–H groups in total. The largest absolute Gasteiger partial charge is 0.398 e. The van der Waals surface area contributed by atoms with Crippen molar-refractivity contribution in [1.82, 2.24) is 4.90 Å². The van der Waals surface area contributed by atoms with Crippen LogP contribution in [0, 0.1) is 0 Å². The van der Waals surface area contributed by atoms with Crippen LogP contribution in [-0.4, -0.2) is 50.3 Å². The third-order valence-corrected chi connectivity index (χ3v) is 3.85. The molecule has 1 amide bonds. The summed E-state index contributed by atoms with van der Waals surface area (Å²) < 4.78 is 11.5. The predicted octanol–water partition coefficient (Wildman–Crippen LogP) is 1.52. The molecule has 1 aliphatic heterocycles. The second-order valence-electron chi connectivity index (χ2n) is 4.49. The van der Waals surface area contributed by atoms with E-state index in [0.717, 1.165) is 4.47 Å². The number of rotatable bonds is 3. The summed E-state index contributed by atoms with van der Waals surface area (Å²) >= 11 is 3.35. The van der Waals surface area contributed by atoms with Crippen LogP contribution in [0.2, 0.25) is 0 Å². The highest BCUT2D eigenvalue weighted by Crippen LogP contribution is 2.23. The smallest absolute Gasteiger partial charge is 0.256 e. The summed E-state index contributed by atoms with van der Waals surface area (Å²) in [5.41, 5.74) is 6.84. The number of likely N-dealkylation sites (tertiary alicyclic amines) is 1. The van der Waals surface area contributed by atoms with Crippen molar-refractivity contribution in [2.75, 3.05) is 33.0 Å². The molecule has 0 aromatic heterocycles. The Morgan fingerprint density at radius 2 is 1.89 bits per heavy atom. The van der Waals surface area contributed by atoms with Crippen molar-refractivity contribution in [3.63, 3.8) is 0 Å². The van der Waals surface area contributed by atoms with Crippen LogP contribution in [0.1, 0.15) is 10.4 Å². The Hall–Kier alpha value is -1.11. The molecule has 1 saturated heterocycles. The average molecular weight is 329 g/mol. The molecule has 0 radical (unpaired) electrons. The molecule has 1 aromatic carbocycles. The molecule has 6 heteroatoms. The van der Waals surface area contributed by atoms with Crippen LogP contribution in [0.25, 0.3) is 0 Å². The number of anilines is 1. The lowest BCUT2D eigenvalue weighted by Gasteiger charge is -2.17. The molecule has 2 atom stereocenters. The number of hydrogen-bond donors (Lipinski definition) is 1. The van der Waals surface area contributed by atoms with Crippen molar-refractivity contribution in [1.29, 1.82) is 0 Å². The highest BCUT2D eigenvalue weighted by molar-refractivity contribution is 9.10. The second-order valence-corrected chi connectivity index (χ2v) is 5.41. The minimum atomic E-state index is -0.0969. The van der Waals surface area contributed by atoms with E-state index in [1.807, 2.05) is 6.07 Å². The number of ether oxygens (including phenoxy) is 2. The summed E-state index contributed by atoms with van der Waals surface area (Å²) in [6.07, 6.45) is -0.190. The number of benzene rings is 1. The molecule has 0 aliphatic carbocycles. The number of carbonyl (C=O) groups excluding carboxylic acids is 1. The van der Waals surface area contributed by atoms with Gasteiger partial charge in [-0.3, -0.25) is 4.79 Å². The minimum absolute atomic E-state index is 0.0951. The lowest BCUT2D eigenvalue weighted by atomic mass is 10.1. The van der Waals surface area contributed by atoms with Gasteiger partial charge >= 0.3 is 0 Å². The Morgan fingerprint density at radius 3 is 2.42 bits per heavy atom. The molecular weight excluding hydrogens is 312 g/mol. The van der Waals surface area contributed by atoms with Gasteiger partial charge in [-0.1, -0.05) is 15.9 Å². The number of hydrogen-bond acceptors (Lipinski definition) is 4. The summed E-state index contributed by atoms with van der Waals surface area (Å²) in [6.45, 7) is 1.03. The van der Waals surface area contributed by atoms with Gasteiger partial charge in [0.2, 0.25) is 0 Å². The van der Waals surface area contributed by atoms with Gasteiger partial charge < -0.3 is 20.1 Å². The molecule has 1 heterocycles. The fourth-order valence-corrected chi connectivity index (χ4v) is 2.61. The summed E-state index contributed by atoms with van der Waals surface area (Å²) in [5, 5.41) is 0. The van der Waals surface area contributed by atoms with E-state index in [9.17, 15) is 4.79 Å². The number of methoxy groups -OCH3 is 2. The van der Waals surface area contributed by atoms with E-state index in [1.165, 1.54) is 0 Å². The van der Waals surface area contributed by atoms with Crippen molar-refractivity contribution in [3.8, 4) is 0 Å². The number of nitrogens with zero attached hydrogens (tertiary/aromatic N) is 1. The predicted molar refractivity (Wildman–Crippen MR) is 76.1 cm³/mol. The molecule has 0 saturated carbocycles. The second kappa shape index (κ2) is 5.90. The van der Waals surface area contributed by atoms with E-state index >= 15 is 0 Å². The maximum Gasteiger partial charge on any atom is 0.256 e. The van der Waals surface area contributed by atoms with Crippen molar-refractivity contribution < 1.29 is 14.3 Å². The molecule has 104 valence electrons. The van der Waals surface area contributed by atoms with Crippen LogP contribution in [0.5, 0.6) is 0 Å². The first-order chi connectivity index (χ1) is 9.06. The van der Waals surface area contributed by atoms with Gasteiger partial charge in [0.15, 0.2) is 0 Å². The van der Waals surface area contributed by atoms with E-state index in [2.05, 4.69) is 15.9 Å². The van der Waals surface area contributed by atoms with Gasteiger partial charge in [0.05, 0.1) is 5.56 Å². The van der Waals surface area contributed by atoms with E-state index in [4.69, 9.17) is 15.2 Å². The summed E-state index contributed by atoms with van der Waals surface area (Å²) in [7, 11) is 3.25. The molecule has 1 aromatic rings. The Bertz CT molecular complexity index is 469. The molecule has 2 unspecified atom stereocenters. The molecule has 0 spiro atoms. The average Bonchev–Trinajstić information content (AvgIpc) is 2.84. The highest BCUT2D eigenvalue weighted by Gasteiger charge is 2.36. The fourth-order valence-electron chi connectivity index (χ4n) is 2.25. The van der Waals surface area contributed by atoms with Crippen molar-refractivity contribution in [2.45, 2.75) is 12.2 Å². The summed E-state index contributed by atoms with van der Waals surface area (Å²) in [5.74, 6) is -0.0969. The lowest BCUT2D eigenvalue weighted by Crippen LogP contribution is -2.30. The van der Waals surface area contributed by atoms with Crippen LogP contribution < -0.4 is 5.73 Å². The van der Waals surface area contributed by atoms with Crippen molar-refractivity contribution in [3.05, 3.63) is 28.2 Å². The maximum atomic E-state index is 12.5. The number of amides is 1. The van der Waals surface area contributed by atoms with Crippen LogP contribution >= 0.6 is 15.9 Å². The van der Waals surface area contributed by atoms with E-state index < -0.39 is 0 Å². The van der Waals surface area contributed by atoms with Gasteiger partial charge in [-0.15, -0.1) is 0 Å². The van der Waals surface area contributed by atoms with E-state index in [1.54, 1.807) is 31.3 Å². The van der Waals surface area contributed by atoms with Crippen LogP contribution in [-0.2, 0) is 9.47 Å². The van der Waals surface area contributed by atoms with Gasteiger partial charge in [-0.25, -0.2) is 0 Å². The summed E-state index contributed by atoms with van der Waals surface area (Å²) in [6, 6.07) is 5.26. The van der Waals surface area contributed by atoms with Gasteiger partial charge in [0, 0.05) is 37.5 Å². The molecule has 1 aliphatic rings. The molecular formula is C13H17BrN2O3. The monoisotopic (exact) mass is 328 g/mol. The highest BCUT2D eigenvalue weighted by atomic mass is 79.9. The fraction of sp³-hybridized carbons (Fsp3) is 0.462. The van der Waals surface area contributed by atoms with Crippen molar-refractivity contribution >= 4 is 27.5 Å². The first-order valence-electron chi connectivity index (χ1n) is 5.96. The van der Waals surface area contributed by atoms with Crippen LogP contribution in [0.15, 0.2) is 22.7 Å². The Labute approximate surface area is 120 Å². The Morgan fingerprint density at radius 1 is 1.32 bits per heavy atom. The number of nitrogens with two attached hydrogens (primary N) is 1. The van der Waals surface area contributed by atoms with E-state index in [0.29, 0.717) is 24.3 Å². The number of carbonyl (C=O) groups is 1. The molecule has 0 bridgehead atoms. The van der Waals surface area contributed by atoms with Gasteiger partial charge in [-0.2, -0.15) is 0 Å². The maximum absolute atomic E-state index is 12.5. The Balaban J connectivity index is 2.19. The third-order valence-electron chi connectivity index (χ3n) is 3.35. The number of nitrogen functional groups attached to an aromatic ring is 1. The quantitative estimate of drug-likeness (QED) is 0.854. The van der Waals surface area contributed by atoms with Crippen LogP contribution in [0.4, 0.5) is 5.69 Å². The van der Waals surface area contributed by atoms with Crippen LogP contribution in [0.3, 0.4) is 0 Å². The van der Waals surface area contributed by atoms with E-state index in [-0.39, 0.29) is 18.1 Å². The van der Waals surface area contributed by atoms with Gasteiger partial charge in [0.1, 0.15) is 12.2 Å². The van der Waals surface area contributed by atoms with Gasteiger partial charge in [0.25, 0.3) is 5.91 Å². The zero-order chi connectivity index (χ0) is 14.0. The molecule has 5 nitrogen and oxygen atoms in total. The molecule has 1 fully saturated rings. The number of halogens is 1. The topological polar surface area (TPSA) is 64.8 Å². The third kappa shape index (κ3) is 2.91. The zero-order valence-corrected chi connectivity index (χ0v) is 12.5. The zero-order valence-electron chi connectivity index (χ0n) is 10.9. The first-order valence-corrected chi connectivity index (χ1v) is 6.76. The molecule has 2 rings (SSSR count). The van der Waals surface area contributed by atoms with Crippen molar-refractivity contribution in [2.24, 2.45) is 0 Å². The molecule has 19 heavy (non-hydrogen) atoms. The lowest BCUT2D eigenvalue weighted by molar-refractivity contribution is -0.00461. The normalized spacial score (nSPS) is 22.8. The first kappa shape index (κ1) is 14.3.